The zero-order chi connectivity index (χ0) is 17.4. The number of ether oxygens (including phenoxy) is 1. The van der Waals surface area contributed by atoms with Crippen molar-refractivity contribution in [2.45, 2.75) is 0 Å². The molecule has 0 saturated heterocycles. The van der Waals surface area contributed by atoms with Crippen LogP contribution in [0.1, 0.15) is 0 Å². The Morgan fingerprint density at radius 3 is 2.68 bits per heavy atom. The van der Waals surface area contributed by atoms with Crippen molar-refractivity contribution in [2.24, 2.45) is 0 Å². The molecule has 0 spiro atoms. The van der Waals surface area contributed by atoms with E-state index in [0.717, 1.165) is 15.2 Å². The Morgan fingerprint density at radius 2 is 1.92 bits per heavy atom. The average molecular weight is 352 g/mol. The Labute approximate surface area is 146 Å². The number of nitro groups is 1. The van der Waals surface area contributed by atoms with Gasteiger partial charge in [-0.1, -0.05) is 12.1 Å². The molecule has 25 heavy (non-hydrogen) atoms. The first kappa shape index (κ1) is 15.3. The lowest BCUT2D eigenvalue weighted by Gasteiger charge is -2.03. The van der Waals surface area contributed by atoms with E-state index in [4.69, 9.17) is 9.15 Å². The molecule has 2 aromatic heterocycles. The van der Waals surface area contributed by atoms with Gasteiger partial charge in [-0.3, -0.25) is 10.1 Å². The van der Waals surface area contributed by atoms with Gasteiger partial charge in [0.1, 0.15) is 11.5 Å². The maximum Gasteiger partial charge on any atom is 0.284 e. The van der Waals surface area contributed by atoms with Crippen LogP contribution in [0, 0.1) is 10.1 Å². The molecule has 0 N–H and O–H groups in total. The monoisotopic (exact) mass is 352 g/mol. The standard InChI is InChI=1S/C18H12N2O4S/c1-23-11-6-7-12(14(10-11)20(21)22)15-8-9-16(24-15)18-19-13-4-2-3-5-17(13)25-18/h2-10H,1H3. The summed E-state index contributed by atoms with van der Waals surface area (Å²) in [4.78, 5) is 15.5. The van der Waals surface area contributed by atoms with E-state index >= 15 is 0 Å². The van der Waals surface area contributed by atoms with Crippen LogP contribution in [0.5, 0.6) is 5.75 Å². The summed E-state index contributed by atoms with van der Waals surface area (Å²) in [7, 11) is 1.47. The van der Waals surface area contributed by atoms with E-state index in [0.29, 0.717) is 22.8 Å². The van der Waals surface area contributed by atoms with E-state index in [1.807, 2.05) is 24.3 Å². The predicted molar refractivity (Wildman–Crippen MR) is 96.0 cm³/mol. The van der Waals surface area contributed by atoms with Crippen LogP contribution < -0.4 is 4.74 Å². The number of methoxy groups -OCH3 is 1. The third-order valence-electron chi connectivity index (χ3n) is 3.78. The molecule has 124 valence electrons. The summed E-state index contributed by atoms with van der Waals surface area (Å²) in [6.45, 7) is 0. The molecule has 7 heteroatoms. The Morgan fingerprint density at radius 1 is 1.12 bits per heavy atom. The maximum atomic E-state index is 11.4. The topological polar surface area (TPSA) is 78.4 Å². The lowest BCUT2D eigenvalue weighted by atomic mass is 10.1. The first-order valence-electron chi connectivity index (χ1n) is 7.44. The van der Waals surface area contributed by atoms with Crippen molar-refractivity contribution in [1.82, 2.24) is 4.98 Å². The third-order valence-corrected chi connectivity index (χ3v) is 4.83. The second kappa shape index (κ2) is 6.03. The molecule has 0 aliphatic rings. The van der Waals surface area contributed by atoms with Crippen LogP contribution >= 0.6 is 11.3 Å². The van der Waals surface area contributed by atoms with Gasteiger partial charge in [0.25, 0.3) is 5.69 Å². The van der Waals surface area contributed by atoms with Crippen LogP contribution in [0.25, 0.3) is 32.3 Å². The molecule has 0 bridgehead atoms. The molecule has 0 atom stereocenters. The molecule has 2 aromatic carbocycles. The largest absolute Gasteiger partial charge is 0.497 e. The first-order valence-corrected chi connectivity index (χ1v) is 8.26. The van der Waals surface area contributed by atoms with E-state index in [9.17, 15) is 10.1 Å². The molecule has 6 nitrogen and oxygen atoms in total. The van der Waals surface area contributed by atoms with E-state index in [-0.39, 0.29) is 5.69 Å². The molecule has 0 radical (unpaired) electrons. The molecular formula is C18H12N2O4S. The fourth-order valence-electron chi connectivity index (χ4n) is 2.57. The molecule has 4 rings (SSSR count). The van der Waals surface area contributed by atoms with Crippen molar-refractivity contribution in [3.63, 3.8) is 0 Å². The lowest BCUT2D eigenvalue weighted by Crippen LogP contribution is -1.93. The Kier molecular flexibility index (Phi) is 3.70. The van der Waals surface area contributed by atoms with Crippen LogP contribution in [0.4, 0.5) is 5.69 Å². The van der Waals surface area contributed by atoms with Crippen LogP contribution in [0.3, 0.4) is 0 Å². The summed E-state index contributed by atoms with van der Waals surface area (Å²) in [6, 6.07) is 16.0. The SMILES string of the molecule is COc1ccc(-c2ccc(-c3nc4ccccc4s3)o2)c([N+](=O)[O-])c1. The summed E-state index contributed by atoms with van der Waals surface area (Å²) in [5, 5.41) is 12.1. The number of fused-ring (bicyclic) bond motifs is 1. The van der Waals surface area contributed by atoms with E-state index in [1.165, 1.54) is 24.5 Å². The third kappa shape index (κ3) is 2.74. The van der Waals surface area contributed by atoms with Crippen LogP contribution in [-0.2, 0) is 0 Å². The number of benzene rings is 2. The second-order valence-electron chi connectivity index (χ2n) is 5.29. The molecule has 0 amide bonds. The summed E-state index contributed by atoms with van der Waals surface area (Å²) >= 11 is 1.52. The zero-order valence-corrected chi connectivity index (χ0v) is 13.9. The molecule has 0 saturated carbocycles. The van der Waals surface area contributed by atoms with Crippen molar-refractivity contribution < 1.29 is 14.1 Å². The van der Waals surface area contributed by atoms with Crippen LogP contribution in [-0.4, -0.2) is 17.0 Å². The van der Waals surface area contributed by atoms with Gasteiger partial charge < -0.3 is 9.15 Å². The fourth-order valence-corrected chi connectivity index (χ4v) is 3.50. The second-order valence-corrected chi connectivity index (χ2v) is 6.32. The summed E-state index contributed by atoms with van der Waals surface area (Å²) in [6.07, 6.45) is 0. The van der Waals surface area contributed by atoms with Crippen molar-refractivity contribution in [3.05, 3.63) is 64.7 Å². The summed E-state index contributed by atoms with van der Waals surface area (Å²) in [5.74, 6) is 1.43. The molecule has 0 aliphatic carbocycles. The molecule has 2 heterocycles. The number of nitrogens with zero attached hydrogens (tertiary/aromatic N) is 2. The fraction of sp³-hybridized carbons (Fsp3) is 0.0556. The van der Waals surface area contributed by atoms with Gasteiger partial charge in [0.15, 0.2) is 10.8 Å². The number of para-hydroxylation sites is 1. The van der Waals surface area contributed by atoms with Gasteiger partial charge in [-0.25, -0.2) is 4.98 Å². The number of hydrogen-bond donors (Lipinski definition) is 0. The van der Waals surface area contributed by atoms with Gasteiger partial charge in [-0.2, -0.15) is 0 Å². The van der Waals surface area contributed by atoms with Gasteiger partial charge in [-0.05, 0) is 36.4 Å². The molecule has 0 aliphatic heterocycles. The maximum absolute atomic E-state index is 11.4. The van der Waals surface area contributed by atoms with Crippen molar-refractivity contribution in [1.29, 1.82) is 0 Å². The number of aromatic nitrogens is 1. The smallest absolute Gasteiger partial charge is 0.284 e. The molecule has 0 fully saturated rings. The van der Waals surface area contributed by atoms with Gasteiger partial charge in [0, 0.05) is 0 Å². The van der Waals surface area contributed by atoms with Crippen LogP contribution in [0.15, 0.2) is 59.0 Å². The van der Waals surface area contributed by atoms with Crippen molar-refractivity contribution >= 4 is 27.2 Å². The quantitative estimate of drug-likeness (QED) is 0.375. The highest BCUT2D eigenvalue weighted by Crippen LogP contribution is 2.37. The van der Waals surface area contributed by atoms with E-state index in [1.54, 1.807) is 24.3 Å². The number of hydrogen-bond acceptors (Lipinski definition) is 6. The molecule has 0 unspecified atom stereocenters. The average Bonchev–Trinajstić information content (AvgIpc) is 3.27. The Hall–Kier alpha value is -3.19. The highest BCUT2D eigenvalue weighted by atomic mass is 32.1. The normalized spacial score (nSPS) is 10.9. The van der Waals surface area contributed by atoms with E-state index < -0.39 is 4.92 Å². The first-order chi connectivity index (χ1) is 12.2. The number of nitro benzene ring substituents is 1. The van der Waals surface area contributed by atoms with Gasteiger partial charge >= 0.3 is 0 Å². The zero-order valence-electron chi connectivity index (χ0n) is 13.1. The highest BCUT2D eigenvalue weighted by molar-refractivity contribution is 7.21. The van der Waals surface area contributed by atoms with Crippen molar-refractivity contribution in [3.8, 4) is 27.8 Å². The Balaban J connectivity index is 1.77. The molecular weight excluding hydrogens is 340 g/mol. The summed E-state index contributed by atoms with van der Waals surface area (Å²) in [5.41, 5.74) is 1.23. The number of rotatable bonds is 4. The molecule has 4 aromatic rings. The number of thiazole rings is 1. The Bertz CT molecular complexity index is 1050. The van der Waals surface area contributed by atoms with Gasteiger partial charge in [-0.15, -0.1) is 11.3 Å². The minimum atomic E-state index is -0.447. The van der Waals surface area contributed by atoms with E-state index in [2.05, 4.69) is 4.98 Å². The lowest BCUT2D eigenvalue weighted by molar-refractivity contribution is -0.384. The number of furan rings is 1. The predicted octanol–water partition coefficient (Wildman–Crippen LogP) is 5.14. The van der Waals surface area contributed by atoms with Crippen LogP contribution in [0.2, 0.25) is 0 Å². The van der Waals surface area contributed by atoms with Gasteiger partial charge in [0.2, 0.25) is 0 Å². The highest BCUT2D eigenvalue weighted by Gasteiger charge is 2.20. The minimum Gasteiger partial charge on any atom is -0.497 e. The minimum absolute atomic E-state index is 0.0652. The van der Waals surface area contributed by atoms with Crippen molar-refractivity contribution in [2.75, 3.05) is 7.11 Å². The van der Waals surface area contributed by atoms with Gasteiger partial charge in [0.05, 0.1) is 33.9 Å². The summed E-state index contributed by atoms with van der Waals surface area (Å²) < 4.78 is 12.0.